The van der Waals surface area contributed by atoms with E-state index in [2.05, 4.69) is 20.5 Å². The van der Waals surface area contributed by atoms with Gasteiger partial charge in [-0.3, -0.25) is 4.79 Å². The van der Waals surface area contributed by atoms with Gasteiger partial charge in [0, 0.05) is 33.1 Å². The van der Waals surface area contributed by atoms with Crippen molar-refractivity contribution in [3.63, 3.8) is 0 Å². The van der Waals surface area contributed by atoms with Crippen LogP contribution in [-0.2, 0) is 4.79 Å². The summed E-state index contributed by atoms with van der Waals surface area (Å²) in [6.45, 7) is 3.76. The minimum Gasteiger partial charge on any atom is -0.352 e. The van der Waals surface area contributed by atoms with E-state index in [1.807, 2.05) is 4.90 Å². The van der Waals surface area contributed by atoms with Crippen molar-refractivity contribution in [1.29, 1.82) is 0 Å². The summed E-state index contributed by atoms with van der Waals surface area (Å²) in [7, 11) is 0. The van der Waals surface area contributed by atoms with E-state index in [9.17, 15) is 18.0 Å². The van der Waals surface area contributed by atoms with Gasteiger partial charge in [-0.2, -0.15) is 10.1 Å². The smallest absolute Gasteiger partial charge is 0.249 e. The fourth-order valence-corrected chi connectivity index (χ4v) is 2.49. The summed E-state index contributed by atoms with van der Waals surface area (Å²) >= 11 is 0. The highest BCUT2D eigenvalue weighted by atomic mass is 19.2. The van der Waals surface area contributed by atoms with Crippen molar-refractivity contribution in [1.82, 2.24) is 20.1 Å². The first-order chi connectivity index (χ1) is 12.0. The Balaban J connectivity index is 1.74. The number of nitrogens with zero attached hydrogens (tertiary/aromatic N) is 5. The van der Waals surface area contributed by atoms with Crippen LogP contribution in [0.15, 0.2) is 18.3 Å². The van der Waals surface area contributed by atoms with Crippen molar-refractivity contribution >= 4 is 23.4 Å². The molecule has 1 aliphatic heterocycles. The van der Waals surface area contributed by atoms with Crippen molar-refractivity contribution in [2.75, 3.05) is 36.4 Å². The summed E-state index contributed by atoms with van der Waals surface area (Å²) in [6, 6.07) is 1.86. The first-order valence-corrected chi connectivity index (χ1v) is 7.56. The van der Waals surface area contributed by atoms with Gasteiger partial charge in [-0.15, -0.1) is 5.10 Å². The van der Waals surface area contributed by atoms with E-state index in [4.69, 9.17) is 0 Å². The molecule has 1 fully saturated rings. The number of carbonyl (C=O) groups is 1. The molecule has 10 heteroatoms. The van der Waals surface area contributed by atoms with Crippen molar-refractivity contribution < 1.29 is 18.0 Å². The second kappa shape index (κ2) is 6.91. The Kier molecular flexibility index (Phi) is 4.68. The Morgan fingerprint density at radius 2 is 1.84 bits per heavy atom. The number of rotatable bonds is 3. The number of halogens is 3. The van der Waals surface area contributed by atoms with Crippen molar-refractivity contribution in [2.45, 2.75) is 6.92 Å². The zero-order valence-electron chi connectivity index (χ0n) is 13.3. The molecule has 25 heavy (non-hydrogen) atoms. The second-order valence-corrected chi connectivity index (χ2v) is 5.48. The van der Waals surface area contributed by atoms with Gasteiger partial charge >= 0.3 is 0 Å². The molecule has 1 aliphatic rings. The molecule has 0 spiro atoms. The highest BCUT2D eigenvalue weighted by Gasteiger charge is 2.20. The Labute approximate surface area is 141 Å². The third-order valence-corrected chi connectivity index (χ3v) is 3.88. The maximum Gasteiger partial charge on any atom is 0.249 e. The summed E-state index contributed by atoms with van der Waals surface area (Å²) in [6.07, 6.45) is 1.44. The molecule has 2 aromatic rings. The maximum absolute atomic E-state index is 13.7. The summed E-state index contributed by atoms with van der Waals surface area (Å²) in [4.78, 5) is 19.2. The lowest BCUT2D eigenvalue weighted by atomic mass is 10.3. The van der Waals surface area contributed by atoms with Gasteiger partial charge in [0.2, 0.25) is 11.9 Å². The summed E-state index contributed by atoms with van der Waals surface area (Å²) in [5.41, 5.74) is -0.292. The van der Waals surface area contributed by atoms with Crippen molar-refractivity contribution in [2.24, 2.45) is 0 Å². The monoisotopic (exact) mass is 352 g/mol. The molecule has 7 nitrogen and oxygen atoms in total. The molecule has 0 radical (unpaired) electrons. The number of hydrogen-bond donors (Lipinski definition) is 1. The summed E-state index contributed by atoms with van der Waals surface area (Å²) in [5.74, 6) is -3.76. The predicted octanol–water partition coefficient (Wildman–Crippen LogP) is 1.70. The van der Waals surface area contributed by atoms with Gasteiger partial charge in [-0.25, -0.2) is 13.2 Å². The van der Waals surface area contributed by atoms with E-state index in [1.54, 1.807) is 4.90 Å². The molecule has 0 unspecified atom stereocenters. The number of anilines is 3. The number of carbonyl (C=O) groups excluding carboxylic acids is 1. The molecular formula is C15H15F3N6O. The van der Waals surface area contributed by atoms with Crippen LogP contribution in [0, 0.1) is 17.5 Å². The number of hydrogen-bond acceptors (Lipinski definition) is 6. The first-order valence-electron chi connectivity index (χ1n) is 7.56. The lowest BCUT2D eigenvalue weighted by Crippen LogP contribution is -2.48. The fourth-order valence-electron chi connectivity index (χ4n) is 2.49. The van der Waals surface area contributed by atoms with Gasteiger partial charge in [0.25, 0.3) is 0 Å². The van der Waals surface area contributed by atoms with Gasteiger partial charge < -0.3 is 15.1 Å². The molecule has 1 amide bonds. The summed E-state index contributed by atoms with van der Waals surface area (Å²) in [5, 5.41) is 10.0. The van der Waals surface area contributed by atoms with E-state index in [0.717, 1.165) is 12.1 Å². The van der Waals surface area contributed by atoms with Crippen LogP contribution in [0.3, 0.4) is 0 Å². The molecule has 2 heterocycles. The van der Waals surface area contributed by atoms with Crippen LogP contribution >= 0.6 is 0 Å². The average Bonchev–Trinajstić information content (AvgIpc) is 2.62. The number of aromatic nitrogens is 3. The minimum atomic E-state index is -1.57. The Hall–Kier alpha value is -2.91. The van der Waals surface area contributed by atoms with Crippen molar-refractivity contribution in [3.05, 3.63) is 35.8 Å². The third-order valence-electron chi connectivity index (χ3n) is 3.88. The van der Waals surface area contributed by atoms with E-state index < -0.39 is 17.5 Å². The number of benzene rings is 1. The van der Waals surface area contributed by atoms with Gasteiger partial charge in [0.05, 0.1) is 11.9 Å². The molecule has 132 valence electrons. The standard InChI is InChI=1S/C15H15F3N6O/c1-9(25)23-4-6-24(7-5-23)12-8-19-22-15(21-12)20-11-3-2-10(16)13(17)14(11)18/h2-3,8H,4-7H2,1H3,(H,20,21,22). The topological polar surface area (TPSA) is 74.2 Å². The van der Waals surface area contributed by atoms with Crippen LogP contribution in [0.1, 0.15) is 6.92 Å². The summed E-state index contributed by atoms with van der Waals surface area (Å²) < 4.78 is 40.0. The Morgan fingerprint density at radius 1 is 1.12 bits per heavy atom. The Morgan fingerprint density at radius 3 is 2.52 bits per heavy atom. The van der Waals surface area contributed by atoms with Crippen LogP contribution in [0.4, 0.5) is 30.6 Å². The maximum atomic E-state index is 13.7. The van der Waals surface area contributed by atoms with E-state index in [-0.39, 0.29) is 17.5 Å². The number of amides is 1. The molecule has 0 aliphatic carbocycles. The first kappa shape index (κ1) is 16.9. The molecule has 3 rings (SSSR count). The number of nitrogens with one attached hydrogen (secondary N) is 1. The van der Waals surface area contributed by atoms with Crippen molar-refractivity contribution in [3.8, 4) is 0 Å². The highest BCUT2D eigenvalue weighted by Crippen LogP contribution is 2.22. The predicted molar refractivity (Wildman–Crippen MR) is 83.9 cm³/mol. The van der Waals surface area contributed by atoms with Gasteiger partial charge in [0.1, 0.15) is 0 Å². The molecule has 1 N–H and O–H groups in total. The molecule has 0 saturated carbocycles. The molecule has 1 aromatic heterocycles. The van der Waals surface area contributed by atoms with Gasteiger partial charge in [-0.1, -0.05) is 0 Å². The lowest BCUT2D eigenvalue weighted by Gasteiger charge is -2.34. The van der Waals surface area contributed by atoms with Gasteiger partial charge in [0.15, 0.2) is 23.3 Å². The minimum absolute atomic E-state index is 0.0108. The average molecular weight is 352 g/mol. The van der Waals surface area contributed by atoms with Crippen LogP contribution in [-0.4, -0.2) is 52.2 Å². The fraction of sp³-hybridized carbons (Fsp3) is 0.333. The highest BCUT2D eigenvalue weighted by molar-refractivity contribution is 5.73. The van der Waals surface area contributed by atoms with Crippen LogP contribution < -0.4 is 10.2 Å². The molecule has 0 bridgehead atoms. The zero-order valence-corrected chi connectivity index (χ0v) is 13.3. The van der Waals surface area contributed by atoms with Gasteiger partial charge in [-0.05, 0) is 12.1 Å². The largest absolute Gasteiger partial charge is 0.352 e. The van der Waals surface area contributed by atoms with Crippen LogP contribution in [0.25, 0.3) is 0 Å². The number of piperazine rings is 1. The van der Waals surface area contributed by atoms with E-state index in [1.165, 1.54) is 13.1 Å². The second-order valence-electron chi connectivity index (χ2n) is 5.48. The lowest BCUT2D eigenvalue weighted by molar-refractivity contribution is -0.129. The van der Waals surface area contributed by atoms with Crippen LogP contribution in [0.2, 0.25) is 0 Å². The quantitative estimate of drug-likeness (QED) is 0.848. The molecule has 1 aromatic carbocycles. The van der Waals surface area contributed by atoms with Crippen LogP contribution in [0.5, 0.6) is 0 Å². The molecule has 0 atom stereocenters. The molecular weight excluding hydrogens is 337 g/mol. The normalized spacial score (nSPS) is 14.6. The molecule has 1 saturated heterocycles. The van der Waals surface area contributed by atoms with E-state index in [0.29, 0.717) is 32.0 Å². The third kappa shape index (κ3) is 3.62. The SMILES string of the molecule is CC(=O)N1CCN(c2cnnc(Nc3ccc(F)c(F)c3F)n2)CC1. The zero-order chi connectivity index (χ0) is 18.0. The Bertz CT molecular complexity index is 795. The van der Waals surface area contributed by atoms with E-state index >= 15 is 0 Å².